The van der Waals surface area contributed by atoms with Crippen molar-refractivity contribution in [3.05, 3.63) is 40.2 Å². The third kappa shape index (κ3) is 4.06. The zero-order chi connectivity index (χ0) is 20.4. The molecule has 8 heteroatoms. The van der Waals surface area contributed by atoms with E-state index in [2.05, 4.69) is 23.8 Å². The van der Waals surface area contributed by atoms with Crippen molar-refractivity contribution in [3.63, 3.8) is 0 Å². The van der Waals surface area contributed by atoms with E-state index in [4.69, 9.17) is 16.6 Å². The normalized spacial score (nSPS) is 11.5. The maximum Gasteiger partial charge on any atom is 0.280 e. The van der Waals surface area contributed by atoms with Crippen molar-refractivity contribution in [1.82, 2.24) is 19.7 Å². The largest absolute Gasteiger partial charge is 0.302 e. The number of amides is 1. The number of benzene rings is 1. The van der Waals surface area contributed by atoms with Crippen LogP contribution in [0, 0.1) is 13.8 Å². The summed E-state index contributed by atoms with van der Waals surface area (Å²) in [5, 5.41) is 5.75. The van der Waals surface area contributed by atoms with E-state index in [0.29, 0.717) is 22.4 Å². The third-order valence-electron chi connectivity index (χ3n) is 4.96. The minimum atomic E-state index is -0.118. The van der Waals surface area contributed by atoms with Crippen LogP contribution in [0.1, 0.15) is 35.5 Å². The second-order valence-corrected chi connectivity index (χ2v) is 8.25. The first-order chi connectivity index (χ1) is 13.3. The Balaban J connectivity index is 2.01. The molecule has 0 aliphatic heterocycles. The molecule has 0 atom stereocenters. The van der Waals surface area contributed by atoms with Gasteiger partial charge in [0.2, 0.25) is 0 Å². The van der Waals surface area contributed by atoms with Crippen LogP contribution in [0.4, 0.5) is 5.13 Å². The Hall–Kier alpha value is -1.96. The molecule has 0 aliphatic rings. The summed E-state index contributed by atoms with van der Waals surface area (Å²) >= 11 is 7.78. The Labute approximate surface area is 174 Å². The van der Waals surface area contributed by atoms with E-state index in [1.54, 1.807) is 9.58 Å². The number of aryl methyl sites for hydroxylation is 3. The highest BCUT2D eigenvalue weighted by Gasteiger charge is 2.25. The molecule has 0 saturated heterocycles. The van der Waals surface area contributed by atoms with Gasteiger partial charge >= 0.3 is 0 Å². The van der Waals surface area contributed by atoms with Crippen LogP contribution in [0.5, 0.6) is 0 Å². The Bertz CT molecular complexity index is 992. The Morgan fingerprint density at radius 3 is 2.54 bits per heavy atom. The minimum absolute atomic E-state index is 0.118. The third-order valence-corrected chi connectivity index (χ3v) is 6.41. The summed E-state index contributed by atoms with van der Waals surface area (Å²) in [7, 11) is 1.83. The van der Waals surface area contributed by atoms with E-state index in [0.717, 1.165) is 41.0 Å². The number of fused-ring (bicyclic) bond motifs is 1. The van der Waals surface area contributed by atoms with E-state index in [1.165, 1.54) is 11.3 Å². The lowest BCUT2D eigenvalue weighted by Gasteiger charge is -2.24. The summed E-state index contributed by atoms with van der Waals surface area (Å²) in [5.41, 5.74) is 3.12. The topological polar surface area (TPSA) is 54.3 Å². The van der Waals surface area contributed by atoms with Crippen LogP contribution in [0.15, 0.2) is 18.3 Å². The van der Waals surface area contributed by atoms with Crippen molar-refractivity contribution in [2.75, 3.05) is 31.1 Å². The van der Waals surface area contributed by atoms with Crippen LogP contribution >= 0.6 is 22.9 Å². The molecule has 0 aliphatic carbocycles. The molecule has 150 valence electrons. The van der Waals surface area contributed by atoms with Crippen LogP contribution in [0.2, 0.25) is 5.02 Å². The maximum absolute atomic E-state index is 13.4. The van der Waals surface area contributed by atoms with Gasteiger partial charge in [0.05, 0.1) is 10.2 Å². The number of aromatic nitrogens is 3. The molecular weight excluding hydrogens is 394 g/mol. The molecule has 3 aromatic rings. The van der Waals surface area contributed by atoms with E-state index < -0.39 is 0 Å². The minimum Gasteiger partial charge on any atom is -0.302 e. The zero-order valence-corrected chi connectivity index (χ0v) is 18.6. The molecular formula is C20H26ClN5OS. The van der Waals surface area contributed by atoms with E-state index in [-0.39, 0.29) is 5.91 Å². The SMILES string of the molecule is CCN(CC)CCN(C(=O)c1nn(C)cc1C)c1nc2c(C)c(Cl)ccc2s1. The molecule has 1 aromatic carbocycles. The second-order valence-electron chi connectivity index (χ2n) is 6.83. The lowest BCUT2D eigenvalue weighted by atomic mass is 10.2. The lowest BCUT2D eigenvalue weighted by molar-refractivity contribution is 0.0977. The number of anilines is 1. The number of halogens is 1. The van der Waals surface area contributed by atoms with Gasteiger partial charge in [0.1, 0.15) is 0 Å². The first-order valence-electron chi connectivity index (χ1n) is 9.45. The average molecular weight is 420 g/mol. The molecule has 0 bridgehead atoms. The van der Waals surface area contributed by atoms with Gasteiger partial charge in [0.25, 0.3) is 5.91 Å². The summed E-state index contributed by atoms with van der Waals surface area (Å²) in [4.78, 5) is 22.2. The first-order valence-corrected chi connectivity index (χ1v) is 10.6. The number of carbonyl (C=O) groups is 1. The molecule has 0 saturated carbocycles. The maximum atomic E-state index is 13.4. The average Bonchev–Trinajstić information content (AvgIpc) is 3.24. The molecule has 1 amide bonds. The predicted octanol–water partition coefficient (Wildman–Crippen LogP) is 4.29. The number of hydrogen-bond donors (Lipinski definition) is 0. The lowest BCUT2D eigenvalue weighted by Crippen LogP contribution is -2.39. The van der Waals surface area contributed by atoms with Gasteiger partial charge in [0.15, 0.2) is 10.8 Å². The summed E-state index contributed by atoms with van der Waals surface area (Å²) in [5.74, 6) is -0.118. The highest BCUT2D eigenvalue weighted by molar-refractivity contribution is 7.22. The van der Waals surface area contributed by atoms with Crippen LogP contribution in [0.3, 0.4) is 0 Å². The van der Waals surface area contributed by atoms with Gasteiger partial charge in [0, 0.05) is 36.9 Å². The fourth-order valence-electron chi connectivity index (χ4n) is 3.22. The van der Waals surface area contributed by atoms with Crippen LogP contribution in [-0.2, 0) is 7.05 Å². The first kappa shape index (κ1) is 20.8. The van der Waals surface area contributed by atoms with E-state index >= 15 is 0 Å². The molecule has 0 radical (unpaired) electrons. The molecule has 28 heavy (non-hydrogen) atoms. The van der Waals surface area contributed by atoms with Crippen molar-refractivity contribution in [1.29, 1.82) is 0 Å². The number of thiazole rings is 1. The van der Waals surface area contributed by atoms with Gasteiger partial charge in [-0.15, -0.1) is 0 Å². The molecule has 0 unspecified atom stereocenters. The van der Waals surface area contributed by atoms with Crippen molar-refractivity contribution in [2.45, 2.75) is 27.7 Å². The van der Waals surface area contributed by atoms with Gasteiger partial charge in [-0.05, 0) is 44.6 Å². The van der Waals surface area contributed by atoms with E-state index in [1.807, 2.05) is 39.2 Å². The molecule has 0 N–H and O–H groups in total. The fourth-order valence-corrected chi connectivity index (χ4v) is 4.42. The Morgan fingerprint density at radius 2 is 1.93 bits per heavy atom. The van der Waals surface area contributed by atoms with Crippen LogP contribution < -0.4 is 4.90 Å². The molecule has 0 fully saturated rings. The number of nitrogens with zero attached hydrogens (tertiary/aromatic N) is 5. The summed E-state index contributed by atoms with van der Waals surface area (Å²) in [6, 6.07) is 3.84. The summed E-state index contributed by atoms with van der Waals surface area (Å²) in [6.45, 7) is 11.3. The summed E-state index contributed by atoms with van der Waals surface area (Å²) < 4.78 is 2.70. The van der Waals surface area contributed by atoms with E-state index in [9.17, 15) is 4.79 Å². The molecule has 2 heterocycles. The predicted molar refractivity (Wildman–Crippen MR) is 117 cm³/mol. The fraction of sp³-hybridized carbons (Fsp3) is 0.450. The molecule has 6 nitrogen and oxygen atoms in total. The quantitative estimate of drug-likeness (QED) is 0.573. The Kier molecular flexibility index (Phi) is 6.37. The van der Waals surface area contributed by atoms with Crippen LogP contribution in [0.25, 0.3) is 10.2 Å². The number of likely N-dealkylation sites (N-methyl/N-ethyl adjacent to an activating group) is 1. The van der Waals surface area contributed by atoms with Gasteiger partial charge in [-0.3, -0.25) is 14.4 Å². The molecule has 0 spiro atoms. The second kappa shape index (κ2) is 8.59. The Morgan fingerprint density at radius 1 is 1.21 bits per heavy atom. The van der Waals surface area contributed by atoms with Gasteiger partial charge in [-0.25, -0.2) is 4.98 Å². The highest BCUT2D eigenvalue weighted by atomic mass is 35.5. The van der Waals surface area contributed by atoms with Crippen molar-refractivity contribution < 1.29 is 4.79 Å². The zero-order valence-electron chi connectivity index (χ0n) is 17.0. The number of rotatable bonds is 7. The van der Waals surface area contributed by atoms with Crippen molar-refractivity contribution >= 4 is 44.2 Å². The standard InChI is InChI=1S/C20H26ClN5OS/c1-6-25(7-2)10-11-26(19(27)17-13(3)12-24(5)23-17)20-22-18-14(4)15(21)8-9-16(18)28-20/h8-9,12H,6-7,10-11H2,1-5H3. The summed E-state index contributed by atoms with van der Waals surface area (Å²) in [6.07, 6.45) is 1.86. The highest BCUT2D eigenvalue weighted by Crippen LogP contribution is 2.34. The number of carbonyl (C=O) groups excluding carboxylic acids is 1. The molecule has 2 aromatic heterocycles. The van der Waals surface area contributed by atoms with Gasteiger partial charge < -0.3 is 4.90 Å². The molecule has 3 rings (SSSR count). The number of hydrogen-bond acceptors (Lipinski definition) is 5. The smallest absolute Gasteiger partial charge is 0.280 e. The van der Waals surface area contributed by atoms with Gasteiger partial charge in [-0.2, -0.15) is 5.10 Å². The van der Waals surface area contributed by atoms with Crippen molar-refractivity contribution in [3.8, 4) is 0 Å². The van der Waals surface area contributed by atoms with Gasteiger partial charge in [-0.1, -0.05) is 36.8 Å². The monoisotopic (exact) mass is 419 g/mol. The van der Waals surface area contributed by atoms with Crippen molar-refractivity contribution in [2.24, 2.45) is 7.05 Å². The van der Waals surface area contributed by atoms with Crippen LogP contribution in [-0.4, -0.2) is 51.8 Å².